The highest BCUT2D eigenvalue weighted by Crippen LogP contribution is 2.33. The first-order valence-corrected chi connectivity index (χ1v) is 14.7. The predicted octanol–water partition coefficient (Wildman–Crippen LogP) is 5.90. The first-order valence-electron chi connectivity index (χ1n) is 13.7. The average Bonchev–Trinajstić information content (AvgIpc) is 3.57. The monoisotopic (exact) mass is 532 g/mol. The van der Waals surface area contributed by atoms with Gasteiger partial charge in [0.25, 0.3) is 0 Å². The second-order valence-corrected chi connectivity index (χ2v) is 11.5. The van der Waals surface area contributed by atoms with Crippen LogP contribution in [0.5, 0.6) is 0 Å². The van der Waals surface area contributed by atoms with Crippen molar-refractivity contribution < 1.29 is 0 Å². The van der Waals surface area contributed by atoms with Crippen LogP contribution in [0.25, 0.3) is 0 Å². The maximum Gasteiger partial charge on any atom is 0.206 e. The van der Waals surface area contributed by atoms with Crippen LogP contribution < -0.4 is 16.1 Å². The van der Waals surface area contributed by atoms with Crippen molar-refractivity contribution in [1.29, 1.82) is 0 Å². The van der Waals surface area contributed by atoms with E-state index in [0.29, 0.717) is 16.2 Å². The third-order valence-electron chi connectivity index (χ3n) is 7.22. The molecule has 0 spiro atoms. The van der Waals surface area contributed by atoms with E-state index in [1.54, 1.807) is 0 Å². The maximum absolute atomic E-state index is 4.37. The Labute approximate surface area is 241 Å². The standard InChI is InChI=1S/C23H20N2Si.C13H13B/c1-19-9-8-14-22(17-19)26-23(25-16-15-24-18-25,20-10-4-2-5-11-20)21-12-6-3-7-13-21;1-14(12-8-4-2-5-9-12)13-10-6-3-7-11-13/h2-18H,1H3;2-11H,1H3. The molecule has 0 aliphatic heterocycles. The number of hydrogen-bond acceptors (Lipinski definition) is 1. The zero-order chi connectivity index (χ0) is 27.6. The van der Waals surface area contributed by atoms with Gasteiger partial charge in [0, 0.05) is 12.4 Å². The Morgan fingerprint density at radius 3 is 1.57 bits per heavy atom. The molecular formula is C36H33BN2Si. The van der Waals surface area contributed by atoms with Crippen molar-refractivity contribution in [2.24, 2.45) is 0 Å². The van der Waals surface area contributed by atoms with E-state index >= 15 is 0 Å². The highest BCUT2D eigenvalue weighted by molar-refractivity contribution is 6.84. The zero-order valence-electron chi connectivity index (χ0n) is 23.1. The molecule has 6 aromatic rings. The summed E-state index contributed by atoms with van der Waals surface area (Å²) in [6.45, 7) is 4.88. The Morgan fingerprint density at radius 1 is 0.625 bits per heavy atom. The number of rotatable bonds is 7. The summed E-state index contributed by atoms with van der Waals surface area (Å²) in [6, 6.07) is 51.5. The molecule has 1 aromatic heterocycles. The summed E-state index contributed by atoms with van der Waals surface area (Å²) >= 11 is 0. The Hall–Kier alpha value is -4.41. The lowest BCUT2D eigenvalue weighted by atomic mass is 9.43. The third-order valence-corrected chi connectivity index (χ3v) is 9.01. The fourth-order valence-corrected chi connectivity index (χ4v) is 6.88. The summed E-state index contributed by atoms with van der Waals surface area (Å²) in [4.78, 5) is 4.37. The molecule has 2 radical (unpaired) electrons. The minimum atomic E-state index is -0.313. The molecule has 194 valence electrons. The Bertz CT molecular complexity index is 1490. The van der Waals surface area contributed by atoms with Crippen LogP contribution in [-0.4, -0.2) is 25.8 Å². The van der Waals surface area contributed by atoms with E-state index in [2.05, 4.69) is 175 Å². The largest absolute Gasteiger partial charge is 0.326 e. The average molecular weight is 533 g/mol. The van der Waals surface area contributed by atoms with Crippen molar-refractivity contribution in [1.82, 2.24) is 9.55 Å². The summed E-state index contributed by atoms with van der Waals surface area (Å²) in [5, 5.41) is 1.03. The molecule has 6 rings (SSSR count). The maximum atomic E-state index is 4.37. The summed E-state index contributed by atoms with van der Waals surface area (Å²) in [5.74, 6) is 0. The lowest BCUT2D eigenvalue weighted by molar-refractivity contribution is 0.596. The van der Waals surface area contributed by atoms with Gasteiger partial charge in [0.05, 0.1) is 11.5 Å². The van der Waals surface area contributed by atoms with E-state index in [-0.39, 0.29) is 5.16 Å². The predicted molar refractivity (Wildman–Crippen MR) is 172 cm³/mol. The van der Waals surface area contributed by atoms with Gasteiger partial charge in [0.1, 0.15) is 9.52 Å². The Balaban J connectivity index is 0.000000194. The SMILES string of the molecule is CB(c1ccccc1)c1ccccc1.Cc1cccc([Si]C(c2ccccc2)(c2ccccc2)n2ccnc2)c1. The molecule has 1 heterocycles. The lowest BCUT2D eigenvalue weighted by Crippen LogP contribution is -2.46. The molecule has 0 aliphatic carbocycles. The normalized spacial score (nSPS) is 10.8. The fraction of sp³-hybridized carbons (Fsp3) is 0.0833. The zero-order valence-corrected chi connectivity index (χ0v) is 24.1. The van der Waals surface area contributed by atoms with Crippen LogP contribution in [0.15, 0.2) is 164 Å². The first kappa shape index (κ1) is 27.2. The topological polar surface area (TPSA) is 17.8 Å². The van der Waals surface area contributed by atoms with Gasteiger partial charge in [-0.25, -0.2) is 4.98 Å². The van der Waals surface area contributed by atoms with Crippen molar-refractivity contribution in [3.63, 3.8) is 0 Å². The number of imidazole rings is 1. The Kier molecular flexibility index (Phi) is 8.90. The number of benzene rings is 5. The van der Waals surface area contributed by atoms with E-state index in [9.17, 15) is 0 Å². The van der Waals surface area contributed by atoms with Gasteiger partial charge in [-0.15, -0.1) is 0 Å². The quantitative estimate of drug-likeness (QED) is 0.234. The van der Waals surface area contributed by atoms with Crippen molar-refractivity contribution >= 4 is 32.3 Å². The molecule has 2 nitrogen and oxygen atoms in total. The van der Waals surface area contributed by atoms with E-state index in [1.807, 2.05) is 12.5 Å². The van der Waals surface area contributed by atoms with Crippen molar-refractivity contribution in [3.05, 3.63) is 181 Å². The van der Waals surface area contributed by atoms with Crippen molar-refractivity contribution in [2.75, 3.05) is 0 Å². The van der Waals surface area contributed by atoms with Crippen LogP contribution in [0.3, 0.4) is 0 Å². The molecule has 4 heteroatoms. The summed E-state index contributed by atoms with van der Waals surface area (Å²) in [7, 11) is 0.535. The van der Waals surface area contributed by atoms with Crippen LogP contribution >= 0.6 is 0 Å². The van der Waals surface area contributed by atoms with Gasteiger partial charge in [-0.1, -0.05) is 174 Å². The van der Waals surface area contributed by atoms with Gasteiger partial charge in [-0.3, -0.25) is 0 Å². The molecule has 0 aliphatic rings. The Morgan fingerprint density at radius 2 is 1.12 bits per heavy atom. The van der Waals surface area contributed by atoms with E-state index in [1.165, 1.54) is 32.8 Å². The van der Waals surface area contributed by atoms with Gasteiger partial charge in [-0.2, -0.15) is 0 Å². The molecule has 0 bridgehead atoms. The highest BCUT2D eigenvalue weighted by Gasteiger charge is 2.37. The minimum absolute atomic E-state index is 0.313. The summed E-state index contributed by atoms with van der Waals surface area (Å²) < 4.78 is 2.25. The van der Waals surface area contributed by atoms with Crippen molar-refractivity contribution in [3.8, 4) is 0 Å². The molecule has 5 aromatic carbocycles. The summed E-state index contributed by atoms with van der Waals surface area (Å²) in [6.07, 6.45) is 5.87. The summed E-state index contributed by atoms with van der Waals surface area (Å²) in [5.41, 5.74) is 6.57. The molecular weight excluding hydrogens is 499 g/mol. The third kappa shape index (κ3) is 6.24. The van der Waals surface area contributed by atoms with E-state index in [0.717, 1.165) is 0 Å². The fourth-order valence-electron chi connectivity index (χ4n) is 5.10. The smallest absolute Gasteiger partial charge is 0.206 e. The molecule has 0 N–H and O–H groups in total. The number of nitrogens with zero attached hydrogens (tertiary/aromatic N) is 2. The lowest BCUT2D eigenvalue weighted by Gasteiger charge is -2.36. The van der Waals surface area contributed by atoms with E-state index < -0.39 is 0 Å². The van der Waals surface area contributed by atoms with Gasteiger partial charge < -0.3 is 4.57 Å². The highest BCUT2D eigenvalue weighted by atomic mass is 28.2. The van der Waals surface area contributed by atoms with Gasteiger partial charge in [0.2, 0.25) is 6.71 Å². The molecule has 0 atom stereocenters. The molecule has 0 amide bonds. The van der Waals surface area contributed by atoms with Gasteiger partial charge in [-0.05, 0) is 18.1 Å². The number of aromatic nitrogens is 2. The van der Waals surface area contributed by atoms with Crippen molar-refractivity contribution in [2.45, 2.75) is 18.9 Å². The number of hydrogen-bond donors (Lipinski definition) is 0. The van der Waals surface area contributed by atoms with Gasteiger partial charge in [0.15, 0.2) is 0 Å². The second kappa shape index (κ2) is 13.1. The van der Waals surface area contributed by atoms with Crippen LogP contribution in [0.2, 0.25) is 6.82 Å². The van der Waals surface area contributed by atoms with Crippen LogP contribution in [0.4, 0.5) is 0 Å². The molecule has 0 fully saturated rings. The second-order valence-electron chi connectivity index (χ2n) is 9.95. The molecule has 0 unspecified atom stereocenters. The molecule has 40 heavy (non-hydrogen) atoms. The van der Waals surface area contributed by atoms with Gasteiger partial charge >= 0.3 is 0 Å². The minimum Gasteiger partial charge on any atom is -0.326 e. The van der Waals surface area contributed by atoms with Crippen LogP contribution in [-0.2, 0) is 5.16 Å². The van der Waals surface area contributed by atoms with Crippen LogP contribution in [0, 0.1) is 6.92 Å². The molecule has 0 saturated heterocycles. The number of aryl methyl sites for hydroxylation is 1. The van der Waals surface area contributed by atoms with E-state index in [4.69, 9.17) is 0 Å². The van der Waals surface area contributed by atoms with Crippen LogP contribution in [0.1, 0.15) is 16.7 Å². The first-order chi connectivity index (χ1) is 19.7. The molecule has 0 saturated carbocycles.